The van der Waals surface area contributed by atoms with Crippen molar-refractivity contribution in [3.8, 4) is 11.3 Å². The van der Waals surface area contributed by atoms with E-state index in [9.17, 15) is 13.6 Å². The molecule has 0 unspecified atom stereocenters. The zero-order valence-electron chi connectivity index (χ0n) is 9.04. The molecule has 0 amide bonds. The number of carbonyl (C=O) groups is 1. The number of halogens is 2. The van der Waals surface area contributed by atoms with Gasteiger partial charge in [0.25, 0.3) is 6.43 Å². The second-order valence-corrected chi connectivity index (χ2v) is 4.02. The van der Waals surface area contributed by atoms with Crippen LogP contribution < -0.4 is 0 Å². The van der Waals surface area contributed by atoms with Crippen molar-refractivity contribution in [2.45, 2.75) is 19.3 Å². The van der Waals surface area contributed by atoms with Crippen LogP contribution in [-0.2, 0) is 12.8 Å². The van der Waals surface area contributed by atoms with Crippen LogP contribution in [0.5, 0.6) is 0 Å². The van der Waals surface area contributed by atoms with Gasteiger partial charge in [0.1, 0.15) is 5.76 Å². The van der Waals surface area contributed by atoms with E-state index in [-0.39, 0.29) is 11.3 Å². The van der Waals surface area contributed by atoms with E-state index in [0.29, 0.717) is 18.5 Å². The third-order valence-electron chi connectivity index (χ3n) is 3.02. The van der Waals surface area contributed by atoms with Crippen LogP contribution in [0.4, 0.5) is 8.78 Å². The number of nitrogens with one attached hydrogen (secondary N) is 1. The van der Waals surface area contributed by atoms with Gasteiger partial charge in [-0.25, -0.2) is 13.6 Å². The molecule has 2 aromatic rings. The first-order valence-corrected chi connectivity index (χ1v) is 5.29. The molecule has 5 nitrogen and oxygen atoms in total. The molecular formula is C11H8F2N2O3. The van der Waals surface area contributed by atoms with E-state index in [4.69, 9.17) is 9.52 Å². The summed E-state index contributed by atoms with van der Waals surface area (Å²) >= 11 is 0. The number of aryl methyl sites for hydroxylation is 2. The van der Waals surface area contributed by atoms with Crippen LogP contribution >= 0.6 is 0 Å². The van der Waals surface area contributed by atoms with Gasteiger partial charge in [-0.1, -0.05) is 0 Å². The zero-order chi connectivity index (χ0) is 12.9. The van der Waals surface area contributed by atoms with Gasteiger partial charge in [0.05, 0.1) is 23.0 Å². The van der Waals surface area contributed by atoms with Gasteiger partial charge in [0.15, 0.2) is 0 Å². The fourth-order valence-electron chi connectivity index (χ4n) is 2.28. The Hall–Kier alpha value is -2.18. The van der Waals surface area contributed by atoms with Crippen molar-refractivity contribution >= 4 is 5.97 Å². The number of aromatic carboxylic acids is 1. The molecule has 1 aliphatic carbocycles. The molecule has 2 aromatic heterocycles. The van der Waals surface area contributed by atoms with E-state index >= 15 is 0 Å². The minimum Gasteiger partial charge on any atom is -0.475 e. The molecule has 0 fully saturated rings. The summed E-state index contributed by atoms with van der Waals surface area (Å²) in [4.78, 5) is 10.9. The number of alkyl halides is 2. The van der Waals surface area contributed by atoms with Crippen molar-refractivity contribution < 1.29 is 23.1 Å². The van der Waals surface area contributed by atoms with E-state index < -0.39 is 23.7 Å². The Bertz CT molecular complexity index is 630. The highest BCUT2D eigenvalue weighted by atomic mass is 19.3. The molecule has 18 heavy (non-hydrogen) atoms. The number of carboxylic acids is 1. The van der Waals surface area contributed by atoms with Gasteiger partial charge >= 0.3 is 5.97 Å². The molecule has 2 heterocycles. The average Bonchev–Trinajstić information content (AvgIpc) is 2.91. The molecule has 0 aromatic carbocycles. The first kappa shape index (κ1) is 10.9. The lowest BCUT2D eigenvalue weighted by molar-refractivity contribution is 0.0645. The molecule has 1 aliphatic rings. The number of aromatic nitrogens is 2. The number of aromatic amines is 1. The fraction of sp³-hybridized carbons (Fsp3) is 0.273. The molecule has 0 radical (unpaired) electrons. The van der Waals surface area contributed by atoms with Crippen molar-refractivity contribution in [3.63, 3.8) is 0 Å². The highest BCUT2D eigenvalue weighted by Crippen LogP contribution is 2.42. The molecule has 0 bridgehead atoms. The van der Waals surface area contributed by atoms with Crippen LogP contribution in [-0.4, -0.2) is 21.3 Å². The number of hydrogen-bond acceptors (Lipinski definition) is 3. The summed E-state index contributed by atoms with van der Waals surface area (Å²) in [5, 5.41) is 15.3. The van der Waals surface area contributed by atoms with Crippen LogP contribution in [0.2, 0.25) is 0 Å². The standard InChI is InChI=1S/C11H8F2N2O3/c12-10(13)7-6-5(18-9(7)11(16)17)2-1-4-3-14-15-8(4)6/h3,10H,1-2H2,(H,14,15)(H,16,17). The number of rotatable bonds is 2. The maximum absolute atomic E-state index is 13.1. The predicted molar refractivity (Wildman–Crippen MR) is 55.6 cm³/mol. The maximum atomic E-state index is 13.1. The van der Waals surface area contributed by atoms with Crippen molar-refractivity contribution in [3.05, 3.63) is 28.8 Å². The molecule has 0 aliphatic heterocycles. The summed E-state index contributed by atoms with van der Waals surface area (Å²) < 4.78 is 31.2. The van der Waals surface area contributed by atoms with E-state index in [2.05, 4.69) is 10.2 Å². The summed E-state index contributed by atoms with van der Waals surface area (Å²) in [6, 6.07) is 0. The summed E-state index contributed by atoms with van der Waals surface area (Å²) in [6.07, 6.45) is -0.359. The van der Waals surface area contributed by atoms with Crippen molar-refractivity contribution in [1.29, 1.82) is 0 Å². The number of furan rings is 1. The van der Waals surface area contributed by atoms with Crippen molar-refractivity contribution in [2.75, 3.05) is 0 Å². The van der Waals surface area contributed by atoms with Crippen molar-refractivity contribution in [2.24, 2.45) is 0 Å². The topological polar surface area (TPSA) is 79.1 Å². The second kappa shape index (κ2) is 3.66. The summed E-state index contributed by atoms with van der Waals surface area (Å²) in [5.41, 5.74) is 0.814. The second-order valence-electron chi connectivity index (χ2n) is 4.02. The first-order chi connectivity index (χ1) is 8.59. The molecule has 0 atom stereocenters. The largest absolute Gasteiger partial charge is 0.475 e. The SMILES string of the molecule is O=C(O)c1oc2c(c1C(F)F)-c1[nH]ncc1CC2. The molecule has 0 saturated carbocycles. The summed E-state index contributed by atoms with van der Waals surface area (Å²) in [5.74, 6) is -1.89. The monoisotopic (exact) mass is 254 g/mol. The third kappa shape index (κ3) is 1.36. The van der Waals surface area contributed by atoms with E-state index in [1.54, 1.807) is 6.20 Å². The Morgan fingerprint density at radius 1 is 1.50 bits per heavy atom. The Morgan fingerprint density at radius 3 is 2.94 bits per heavy atom. The van der Waals surface area contributed by atoms with Gasteiger partial charge in [0.2, 0.25) is 5.76 Å². The number of carboxylic acid groups (broad SMARTS) is 1. The van der Waals surface area contributed by atoms with Gasteiger partial charge in [-0.3, -0.25) is 5.10 Å². The first-order valence-electron chi connectivity index (χ1n) is 5.29. The lowest BCUT2D eigenvalue weighted by Crippen LogP contribution is -2.03. The van der Waals surface area contributed by atoms with Crippen LogP contribution in [0.25, 0.3) is 11.3 Å². The molecule has 0 spiro atoms. The molecular weight excluding hydrogens is 246 g/mol. The molecule has 3 rings (SSSR count). The Labute approximate surface area is 99.4 Å². The van der Waals surface area contributed by atoms with Gasteiger partial charge in [-0.15, -0.1) is 0 Å². The highest BCUT2D eigenvalue weighted by Gasteiger charge is 2.34. The third-order valence-corrected chi connectivity index (χ3v) is 3.02. The Morgan fingerprint density at radius 2 is 2.28 bits per heavy atom. The predicted octanol–water partition coefficient (Wildman–Crippen LogP) is 2.40. The zero-order valence-corrected chi connectivity index (χ0v) is 9.04. The normalized spacial score (nSPS) is 13.5. The number of hydrogen-bond donors (Lipinski definition) is 2. The molecule has 0 saturated heterocycles. The van der Waals surface area contributed by atoms with Crippen LogP contribution in [0.15, 0.2) is 10.6 Å². The minimum absolute atomic E-state index is 0.154. The van der Waals surface area contributed by atoms with Crippen LogP contribution in [0.3, 0.4) is 0 Å². The average molecular weight is 254 g/mol. The van der Waals surface area contributed by atoms with Gasteiger partial charge < -0.3 is 9.52 Å². The molecule has 94 valence electrons. The number of fused-ring (bicyclic) bond motifs is 3. The molecule has 2 N–H and O–H groups in total. The van der Waals surface area contributed by atoms with Gasteiger partial charge in [0, 0.05) is 6.42 Å². The highest BCUT2D eigenvalue weighted by molar-refractivity contribution is 5.90. The van der Waals surface area contributed by atoms with E-state index in [1.165, 1.54) is 0 Å². The smallest absolute Gasteiger partial charge is 0.372 e. The Balaban J connectivity index is 2.31. The van der Waals surface area contributed by atoms with Gasteiger partial charge in [-0.2, -0.15) is 5.10 Å². The maximum Gasteiger partial charge on any atom is 0.372 e. The van der Waals surface area contributed by atoms with E-state index in [0.717, 1.165) is 5.56 Å². The van der Waals surface area contributed by atoms with Crippen molar-refractivity contribution in [1.82, 2.24) is 10.2 Å². The van der Waals surface area contributed by atoms with Crippen LogP contribution in [0.1, 0.15) is 33.9 Å². The Kier molecular flexibility index (Phi) is 2.22. The fourth-order valence-corrected chi connectivity index (χ4v) is 2.28. The van der Waals surface area contributed by atoms with E-state index in [1.807, 2.05) is 0 Å². The minimum atomic E-state index is -2.90. The molecule has 7 heteroatoms. The number of H-pyrrole nitrogens is 1. The summed E-state index contributed by atoms with van der Waals surface area (Å²) in [7, 11) is 0. The van der Waals surface area contributed by atoms with Crippen LogP contribution in [0, 0.1) is 0 Å². The lowest BCUT2D eigenvalue weighted by Gasteiger charge is -2.11. The summed E-state index contributed by atoms with van der Waals surface area (Å²) in [6.45, 7) is 0. The number of nitrogens with zero attached hydrogens (tertiary/aromatic N) is 1. The quantitative estimate of drug-likeness (QED) is 0.862. The lowest BCUT2D eigenvalue weighted by atomic mass is 9.93. The van der Waals surface area contributed by atoms with Gasteiger partial charge in [-0.05, 0) is 12.0 Å².